The zero-order valence-corrected chi connectivity index (χ0v) is 23.5. The Bertz CT molecular complexity index is 1930. The number of thiophene rings is 1. The maximum absolute atomic E-state index is 13.7. The number of fused-ring (bicyclic) bond motifs is 5. The molecule has 0 fully saturated rings. The number of hydrogen-bond donors (Lipinski definition) is 1. The number of nitrogens with zero attached hydrogens (tertiary/aromatic N) is 1. The van der Waals surface area contributed by atoms with Crippen molar-refractivity contribution in [1.29, 1.82) is 0 Å². The molecule has 0 aliphatic heterocycles. The zero-order chi connectivity index (χ0) is 25.9. The van der Waals surface area contributed by atoms with Crippen molar-refractivity contribution in [2.75, 3.05) is 0 Å². The first kappa shape index (κ1) is 31.6. The quantitative estimate of drug-likeness (QED) is 0.234. The number of ketones is 1. The van der Waals surface area contributed by atoms with Crippen LogP contribution in [0.15, 0.2) is 95.8 Å². The van der Waals surface area contributed by atoms with E-state index in [1.165, 1.54) is 17.4 Å². The van der Waals surface area contributed by atoms with Gasteiger partial charge >= 0.3 is 6.18 Å². The van der Waals surface area contributed by atoms with Gasteiger partial charge in [0.2, 0.25) is 0 Å². The van der Waals surface area contributed by atoms with Crippen LogP contribution in [0.2, 0.25) is 0 Å². The van der Waals surface area contributed by atoms with Gasteiger partial charge in [-0.25, -0.2) is 0 Å². The zero-order valence-electron chi connectivity index (χ0n) is 20.3. The van der Waals surface area contributed by atoms with E-state index >= 15 is 0 Å². The SMILES string of the molecule is O.O.O=C(c1c(O)c2ccc3c4ccccc4sc3c2n(-c2cccc(-c3ccccc3)c2)c1=O)C(F)(F)F.[Eu]. The maximum Gasteiger partial charge on any atom is 0.455 e. The van der Waals surface area contributed by atoms with Crippen LogP contribution in [0.1, 0.15) is 10.4 Å². The van der Waals surface area contributed by atoms with Crippen molar-refractivity contribution >= 4 is 48.2 Å². The van der Waals surface area contributed by atoms with Crippen molar-refractivity contribution in [3.05, 3.63) is 107 Å². The van der Waals surface area contributed by atoms with Gasteiger partial charge in [-0.3, -0.25) is 14.2 Å². The summed E-state index contributed by atoms with van der Waals surface area (Å²) >= 11 is 1.36. The molecule has 0 unspecified atom stereocenters. The van der Waals surface area contributed by atoms with Gasteiger partial charge in [-0.2, -0.15) is 13.2 Å². The molecule has 0 aliphatic rings. The molecule has 2 heterocycles. The molecule has 0 aliphatic carbocycles. The molecule has 0 spiro atoms. The largest absolute Gasteiger partial charge is 0.506 e. The number of rotatable bonds is 3. The van der Waals surface area contributed by atoms with Gasteiger partial charge in [0.15, 0.2) is 0 Å². The number of carbonyl (C=O) groups is 1. The first-order valence-corrected chi connectivity index (χ1v) is 12.1. The first-order valence-electron chi connectivity index (χ1n) is 11.2. The number of halogens is 3. The third-order valence-corrected chi connectivity index (χ3v) is 7.54. The van der Waals surface area contributed by atoms with E-state index in [1.54, 1.807) is 24.3 Å². The molecule has 1 radical (unpaired) electrons. The van der Waals surface area contributed by atoms with Gasteiger partial charge in [-0.05, 0) is 35.4 Å². The first-order chi connectivity index (χ1) is 17.8. The number of aromatic nitrogens is 1. The maximum atomic E-state index is 13.7. The average molecular weight is 704 g/mol. The van der Waals surface area contributed by atoms with Crippen LogP contribution < -0.4 is 5.56 Å². The summed E-state index contributed by atoms with van der Waals surface area (Å²) < 4.78 is 43.1. The molecule has 0 saturated carbocycles. The minimum atomic E-state index is -5.34. The molecule has 6 aromatic rings. The number of hydrogen-bond acceptors (Lipinski definition) is 4. The standard InChI is InChI=1S/C29H16F3NO3S.Eu.2H2O/c30-29(31,32)27(35)23-25(34)21-14-13-20-19-11-4-5-12-22(19)37-26(20)24(21)33(28(23)36)18-10-6-9-17(15-18)16-7-2-1-3-8-16;;;/h1-15,34H;;2*1H2. The predicted octanol–water partition coefficient (Wildman–Crippen LogP) is 5.83. The van der Waals surface area contributed by atoms with Crippen LogP contribution in [0.4, 0.5) is 13.2 Å². The fourth-order valence-electron chi connectivity index (χ4n) is 4.68. The van der Waals surface area contributed by atoms with Crippen LogP contribution in [-0.4, -0.2) is 32.6 Å². The van der Waals surface area contributed by atoms with E-state index in [4.69, 9.17) is 0 Å². The molecule has 2 aromatic heterocycles. The van der Waals surface area contributed by atoms with Crippen molar-refractivity contribution in [3.63, 3.8) is 0 Å². The van der Waals surface area contributed by atoms with E-state index in [2.05, 4.69) is 0 Å². The molecule has 11 heteroatoms. The van der Waals surface area contributed by atoms with Gasteiger partial charge in [0.1, 0.15) is 11.3 Å². The normalized spacial score (nSPS) is 11.1. The molecule has 4 aromatic carbocycles. The van der Waals surface area contributed by atoms with Crippen LogP contribution in [0.5, 0.6) is 5.75 Å². The van der Waals surface area contributed by atoms with E-state index in [9.17, 15) is 27.9 Å². The molecular weight excluding hydrogens is 683 g/mol. The molecule has 0 atom stereocenters. The Morgan fingerprint density at radius 3 is 2.10 bits per heavy atom. The molecule has 6 rings (SSSR count). The van der Waals surface area contributed by atoms with Crippen LogP contribution in [0.25, 0.3) is 47.9 Å². The van der Waals surface area contributed by atoms with E-state index in [0.717, 1.165) is 31.2 Å². The number of pyridine rings is 1. The third kappa shape index (κ3) is 5.13. The van der Waals surface area contributed by atoms with E-state index in [-0.39, 0.29) is 76.9 Å². The van der Waals surface area contributed by atoms with Gasteiger partial charge in [0.05, 0.1) is 10.2 Å². The summed E-state index contributed by atoms with van der Waals surface area (Å²) in [6, 6.07) is 26.8. The van der Waals surface area contributed by atoms with Crippen LogP contribution in [-0.2, 0) is 0 Å². The number of carbonyl (C=O) groups excluding carboxylic acids is 1. The van der Waals surface area contributed by atoms with E-state index < -0.39 is 28.8 Å². The second-order valence-electron chi connectivity index (χ2n) is 8.54. The van der Waals surface area contributed by atoms with Crippen molar-refractivity contribution < 1.29 is 83.4 Å². The second kappa shape index (κ2) is 11.9. The summed E-state index contributed by atoms with van der Waals surface area (Å²) in [4.78, 5) is 26.0. The summed E-state index contributed by atoms with van der Waals surface area (Å²) in [6.45, 7) is 0. The fourth-order valence-corrected chi connectivity index (χ4v) is 5.93. The summed E-state index contributed by atoms with van der Waals surface area (Å²) in [5.74, 6) is -3.36. The number of alkyl halides is 3. The van der Waals surface area contributed by atoms with Crippen molar-refractivity contribution in [1.82, 2.24) is 4.57 Å². The summed E-state index contributed by atoms with van der Waals surface area (Å²) in [6.07, 6.45) is -5.34. The summed E-state index contributed by atoms with van der Waals surface area (Å²) in [7, 11) is 0. The number of aromatic hydroxyl groups is 1. The molecule has 5 N–H and O–H groups in total. The smallest absolute Gasteiger partial charge is 0.455 e. The molecule has 6 nitrogen and oxygen atoms in total. The summed E-state index contributed by atoms with van der Waals surface area (Å²) in [5.41, 5.74) is -0.437. The number of Topliss-reactive ketones (excluding diaryl/α,β-unsaturated/α-hetero) is 1. The van der Waals surface area contributed by atoms with E-state index in [0.29, 0.717) is 4.70 Å². The van der Waals surface area contributed by atoms with Gasteiger partial charge in [-0.1, -0.05) is 66.7 Å². The van der Waals surface area contributed by atoms with Crippen LogP contribution in [0.3, 0.4) is 0 Å². The molecule has 205 valence electrons. The Balaban J connectivity index is 0.00000147. The summed E-state index contributed by atoms with van der Waals surface area (Å²) in [5, 5.41) is 12.6. The molecule has 0 amide bonds. The predicted molar refractivity (Wildman–Crippen MR) is 147 cm³/mol. The third-order valence-electron chi connectivity index (χ3n) is 6.35. The van der Waals surface area contributed by atoms with Crippen LogP contribution >= 0.6 is 11.3 Å². The minimum Gasteiger partial charge on any atom is -0.506 e. The van der Waals surface area contributed by atoms with E-state index in [1.807, 2.05) is 60.7 Å². The average Bonchev–Trinajstić information content (AvgIpc) is 3.28. The molecule has 0 bridgehead atoms. The van der Waals surface area contributed by atoms with Gasteiger partial charge in [-0.15, -0.1) is 11.3 Å². The Kier molecular flexibility index (Phi) is 9.40. The van der Waals surface area contributed by atoms with Crippen molar-refractivity contribution in [3.8, 4) is 22.6 Å². The topological polar surface area (TPSA) is 122 Å². The Labute approximate surface area is 269 Å². The Morgan fingerprint density at radius 1 is 0.775 bits per heavy atom. The van der Waals surface area contributed by atoms with Crippen molar-refractivity contribution in [2.45, 2.75) is 6.18 Å². The number of benzene rings is 4. The molecule has 0 saturated heterocycles. The molecular formula is C29H20EuF3NO5S. The Morgan fingerprint density at radius 2 is 1.40 bits per heavy atom. The monoisotopic (exact) mass is 704 g/mol. The van der Waals surface area contributed by atoms with Crippen molar-refractivity contribution in [2.24, 2.45) is 0 Å². The fraction of sp³-hybridized carbons (Fsp3) is 0.0345. The van der Waals surface area contributed by atoms with Gasteiger partial charge in [0, 0.05) is 75.9 Å². The van der Waals surface area contributed by atoms with Gasteiger partial charge < -0.3 is 16.1 Å². The van der Waals surface area contributed by atoms with Crippen LogP contribution in [0, 0.1) is 49.4 Å². The Hall–Kier alpha value is -2.93. The van der Waals surface area contributed by atoms with Gasteiger partial charge in [0.25, 0.3) is 11.3 Å². The molecule has 40 heavy (non-hydrogen) atoms. The second-order valence-corrected chi connectivity index (χ2v) is 9.60. The minimum absolute atomic E-state index is 0.